The van der Waals surface area contributed by atoms with Crippen molar-refractivity contribution < 1.29 is 9.47 Å². The first-order chi connectivity index (χ1) is 7.24. The van der Waals surface area contributed by atoms with Gasteiger partial charge in [-0.25, -0.2) is 4.98 Å². The summed E-state index contributed by atoms with van der Waals surface area (Å²) in [7, 11) is 1.66. The molecule has 0 radical (unpaired) electrons. The van der Waals surface area contributed by atoms with Crippen LogP contribution in [0.15, 0.2) is 18.3 Å². The van der Waals surface area contributed by atoms with Crippen molar-refractivity contribution in [2.45, 2.75) is 6.42 Å². The molecule has 0 saturated carbocycles. The van der Waals surface area contributed by atoms with E-state index in [1.54, 1.807) is 25.4 Å². The van der Waals surface area contributed by atoms with Crippen molar-refractivity contribution >= 4 is 17.2 Å². The summed E-state index contributed by atoms with van der Waals surface area (Å²) < 4.78 is 10.3. The molecule has 1 aromatic heterocycles. The van der Waals surface area contributed by atoms with Gasteiger partial charge >= 0.3 is 0 Å². The number of pyridine rings is 1. The summed E-state index contributed by atoms with van der Waals surface area (Å²) in [5.41, 5.74) is 6.25. The van der Waals surface area contributed by atoms with E-state index in [2.05, 4.69) is 4.98 Å². The lowest BCUT2D eigenvalue weighted by Gasteiger charge is -2.05. The fraction of sp³-hybridized carbons (Fsp3) is 0.400. The number of nitrogens with two attached hydrogens (primary N) is 1. The maximum absolute atomic E-state index is 5.49. The van der Waals surface area contributed by atoms with Crippen molar-refractivity contribution in [1.29, 1.82) is 0 Å². The highest BCUT2D eigenvalue weighted by molar-refractivity contribution is 7.80. The van der Waals surface area contributed by atoms with Gasteiger partial charge in [-0.05, 0) is 6.07 Å². The quantitative estimate of drug-likeness (QED) is 0.582. The van der Waals surface area contributed by atoms with Crippen molar-refractivity contribution in [1.82, 2.24) is 4.98 Å². The van der Waals surface area contributed by atoms with Crippen LogP contribution in [0.3, 0.4) is 0 Å². The molecule has 0 aliphatic rings. The van der Waals surface area contributed by atoms with Crippen LogP contribution in [0.1, 0.15) is 12.0 Å². The molecule has 0 aliphatic carbocycles. The van der Waals surface area contributed by atoms with Gasteiger partial charge in [0.25, 0.3) is 0 Å². The third kappa shape index (κ3) is 4.22. The van der Waals surface area contributed by atoms with Gasteiger partial charge in [-0.1, -0.05) is 12.2 Å². The molecule has 0 fully saturated rings. The molecule has 82 valence electrons. The first-order valence-corrected chi connectivity index (χ1v) is 5.02. The van der Waals surface area contributed by atoms with Crippen molar-refractivity contribution in [3.63, 3.8) is 0 Å². The molecule has 0 unspecified atom stereocenters. The van der Waals surface area contributed by atoms with E-state index in [1.807, 2.05) is 0 Å². The monoisotopic (exact) mass is 226 g/mol. The van der Waals surface area contributed by atoms with E-state index in [9.17, 15) is 0 Å². The molecular formula is C10H14N2O2S. The van der Waals surface area contributed by atoms with Crippen LogP contribution >= 0.6 is 12.2 Å². The largest absolute Gasteiger partial charge is 0.478 e. The Labute approximate surface area is 94.4 Å². The van der Waals surface area contributed by atoms with Crippen LogP contribution in [0.5, 0.6) is 5.88 Å². The smallest absolute Gasteiger partial charge is 0.213 e. The number of nitrogens with zero attached hydrogens (tertiary/aromatic N) is 1. The first-order valence-electron chi connectivity index (χ1n) is 4.61. The average Bonchev–Trinajstić information content (AvgIpc) is 2.25. The minimum Gasteiger partial charge on any atom is -0.478 e. The first kappa shape index (κ1) is 11.9. The molecule has 15 heavy (non-hydrogen) atoms. The zero-order valence-corrected chi connectivity index (χ0v) is 9.42. The highest BCUT2D eigenvalue weighted by Crippen LogP contribution is 2.09. The predicted octanol–water partition coefficient (Wildman–Crippen LogP) is 1.13. The lowest BCUT2D eigenvalue weighted by Crippen LogP contribution is -2.10. The minimum atomic E-state index is 0.346. The highest BCUT2D eigenvalue weighted by Gasteiger charge is 2.00. The Morgan fingerprint density at radius 3 is 3.00 bits per heavy atom. The van der Waals surface area contributed by atoms with E-state index in [0.29, 0.717) is 24.1 Å². The molecule has 0 spiro atoms. The summed E-state index contributed by atoms with van der Waals surface area (Å²) in [6, 6.07) is 3.49. The SMILES string of the molecule is COCCCOc1cc(C(N)=S)ccn1. The van der Waals surface area contributed by atoms with Crippen LogP contribution in [-0.2, 0) is 4.74 Å². The van der Waals surface area contributed by atoms with E-state index >= 15 is 0 Å². The van der Waals surface area contributed by atoms with Crippen LogP contribution in [-0.4, -0.2) is 30.3 Å². The van der Waals surface area contributed by atoms with Gasteiger partial charge in [-0.3, -0.25) is 0 Å². The van der Waals surface area contributed by atoms with Crippen molar-refractivity contribution in [2.75, 3.05) is 20.3 Å². The van der Waals surface area contributed by atoms with E-state index in [-0.39, 0.29) is 0 Å². The second-order valence-corrected chi connectivity index (χ2v) is 3.38. The van der Waals surface area contributed by atoms with Crippen molar-refractivity contribution in [3.8, 4) is 5.88 Å². The lowest BCUT2D eigenvalue weighted by molar-refractivity contribution is 0.170. The van der Waals surface area contributed by atoms with E-state index < -0.39 is 0 Å². The van der Waals surface area contributed by atoms with Gasteiger partial charge in [0.1, 0.15) is 4.99 Å². The predicted molar refractivity (Wildman–Crippen MR) is 62.1 cm³/mol. The van der Waals surface area contributed by atoms with Crippen LogP contribution in [0.25, 0.3) is 0 Å². The van der Waals surface area contributed by atoms with Crippen molar-refractivity contribution in [3.05, 3.63) is 23.9 Å². The molecule has 2 N–H and O–H groups in total. The van der Waals surface area contributed by atoms with Gasteiger partial charge in [-0.15, -0.1) is 0 Å². The standard InChI is InChI=1S/C10H14N2O2S/c1-13-5-2-6-14-9-7-8(10(11)15)3-4-12-9/h3-4,7H,2,5-6H2,1H3,(H2,11,15). The maximum atomic E-state index is 5.49. The van der Waals surface area contributed by atoms with Crippen LogP contribution in [0.4, 0.5) is 0 Å². The Bertz CT molecular complexity index is 331. The molecule has 0 bridgehead atoms. The van der Waals surface area contributed by atoms with Gasteiger partial charge in [0.2, 0.25) is 5.88 Å². The van der Waals surface area contributed by atoms with Gasteiger partial charge in [0, 0.05) is 38.0 Å². The highest BCUT2D eigenvalue weighted by atomic mass is 32.1. The Balaban J connectivity index is 2.47. The number of aromatic nitrogens is 1. The molecule has 0 amide bonds. The second-order valence-electron chi connectivity index (χ2n) is 2.94. The Morgan fingerprint density at radius 1 is 1.53 bits per heavy atom. The number of hydrogen-bond donors (Lipinski definition) is 1. The summed E-state index contributed by atoms with van der Waals surface area (Å²) in [5, 5.41) is 0. The van der Waals surface area contributed by atoms with Gasteiger partial charge in [0.15, 0.2) is 0 Å². The fourth-order valence-electron chi connectivity index (χ4n) is 1.02. The minimum absolute atomic E-state index is 0.346. The van der Waals surface area contributed by atoms with Gasteiger partial charge < -0.3 is 15.2 Å². The zero-order valence-electron chi connectivity index (χ0n) is 8.60. The third-order valence-electron chi connectivity index (χ3n) is 1.76. The zero-order chi connectivity index (χ0) is 11.1. The van der Waals surface area contributed by atoms with E-state index in [4.69, 9.17) is 27.4 Å². The topological polar surface area (TPSA) is 57.4 Å². The van der Waals surface area contributed by atoms with Crippen molar-refractivity contribution in [2.24, 2.45) is 5.73 Å². The average molecular weight is 226 g/mol. The molecule has 1 heterocycles. The maximum Gasteiger partial charge on any atom is 0.213 e. The molecule has 5 heteroatoms. The van der Waals surface area contributed by atoms with E-state index in [0.717, 1.165) is 12.0 Å². The summed E-state index contributed by atoms with van der Waals surface area (Å²) in [5.74, 6) is 0.538. The number of thiocarbonyl (C=S) groups is 1. The normalized spacial score (nSPS) is 9.93. The van der Waals surface area contributed by atoms with E-state index in [1.165, 1.54) is 0 Å². The fourth-order valence-corrected chi connectivity index (χ4v) is 1.15. The molecular weight excluding hydrogens is 212 g/mol. The molecule has 0 aliphatic heterocycles. The molecule has 1 rings (SSSR count). The lowest BCUT2D eigenvalue weighted by atomic mass is 10.3. The molecule has 0 atom stereocenters. The Kier molecular flexibility index (Phi) is 5.00. The van der Waals surface area contributed by atoms with Crippen LogP contribution in [0, 0.1) is 0 Å². The molecule has 0 saturated heterocycles. The summed E-state index contributed by atoms with van der Waals surface area (Å²) >= 11 is 4.85. The number of ether oxygens (including phenoxy) is 2. The summed E-state index contributed by atoms with van der Waals surface area (Å²) in [6.07, 6.45) is 2.45. The molecule has 4 nitrogen and oxygen atoms in total. The summed E-state index contributed by atoms with van der Waals surface area (Å²) in [6.45, 7) is 1.25. The second kappa shape index (κ2) is 6.31. The third-order valence-corrected chi connectivity index (χ3v) is 2.00. The Hall–Kier alpha value is -1.20. The number of methoxy groups -OCH3 is 1. The van der Waals surface area contributed by atoms with Crippen LogP contribution < -0.4 is 10.5 Å². The van der Waals surface area contributed by atoms with Gasteiger partial charge in [-0.2, -0.15) is 0 Å². The van der Waals surface area contributed by atoms with Gasteiger partial charge in [0.05, 0.1) is 6.61 Å². The summed E-state index contributed by atoms with van der Waals surface area (Å²) in [4.78, 5) is 4.39. The van der Waals surface area contributed by atoms with Crippen LogP contribution in [0.2, 0.25) is 0 Å². The molecule has 0 aromatic carbocycles. The number of rotatable bonds is 6. The Morgan fingerprint density at radius 2 is 2.33 bits per heavy atom. The number of hydrogen-bond acceptors (Lipinski definition) is 4. The molecule has 1 aromatic rings.